The van der Waals surface area contributed by atoms with Crippen molar-refractivity contribution in [3.05, 3.63) is 82.4 Å². The maximum Gasteiger partial charge on any atom is 0.268 e. The van der Waals surface area contributed by atoms with Gasteiger partial charge < -0.3 is 9.47 Å². The van der Waals surface area contributed by atoms with Gasteiger partial charge in [-0.15, -0.1) is 10.2 Å². The second-order valence-corrected chi connectivity index (χ2v) is 8.77. The molecule has 0 spiro atoms. The van der Waals surface area contributed by atoms with Crippen molar-refractivity contribution in [2.24, 2.45) is 0 Å². The van der Waals surface area contributed by atoms with Gasteiger partial charge in [0.25, 0.3) is 5.91 Å². The van der Waals surface area contributed by atoms with Crippen LogP contribution in [-0.2, 0) is 17.8 Å². The van der Waals surface area contributed by atoms with Crippen LogP contribution in [0.5, 0.6) is 11.5 Å². The van der Waals surface area contributed by atoms with Gasteiger partial charge in [0, 0.05) is 6.42 Å². The zero-order valence-electron chi connectivity index (χ0n) is 19.4. The molecule has 0 bridgehead atoms. The van der Waals surface area contributed by atoms with Gasteiger partial charge >= 0.3 is 0 Å². The largest absolute Gasteiger partial charge is 0.493 e. The van der Waals surface area contributed by atoms with Crippen molar-refractivity contribution in [1.29, 1.82) is 5.26 Å². The molecule has 0 aliphatic carbocycles. The smallest absolute Gasteiger partial charge is 0.268 e. The number of benzene rings is 3. The molecule has 8 heteroatoms. The van der Waals surface area contributed by atoms with Gasteiger partial charge in [0.1, 0.15) is 23.3 Å². The van der Waals surface area contributed by atoms with Gasteiger partial charge in [-0.3, -0.25) is 10.1 Å². The first kappa shape index (κ1) is 23.9. The minimum atomic E-state index is -0.540. The zero-order valence-corrected chi connectivity index (χ0v) is 20.3. The number of aryl methyl sites for hydroxylation is 1. The van der Waals surface area contributed by atoms with Gasteiger partial charge in [0.2, 0.25) is 5.13 Å². The van der Waals surface area contributed by atoms with Gasteiger partial charge in [-0.1, -0.05) is 66.8 Å². The van der Waals surface area contributed by atoms with Crippen molar-refractivity contribution < 1.29 is 14.3 Å². The van der Waals surface area contributed by atoms with Crippen LogP contribution in [0.15, 0.2) is 66.2 Å². The lowest BCUT2D eigenvalue weighted by Crippen LogP contribution is -2.13. The third kappa shape index (κ3) is 5.83. The SMILES string of the molecule is CCCc1nnc(NC(=O)/C(C#N)=C\c2ccc(OCc3cccc4ccccc34)c(OC)c2)s1. The van der Waals surface area contributed by atoms with Gasteiger partial charge in [0.05, 0.1) is 7.11 Å². The van der Waals surface area contributed by atoms with E-state index >= 15 is 0 Å². The second-order valence-electron chi connectivity index (χ2n) is 7.71. The van der Waals surface area contributed by atoms with E-state index < -0.39 is 5.91 Å². The fourth-order valence-corrected chi connectivity index (χ4v) is 4.40. The van der Waals surface area contributed by atoms with Crippen molar-refractivity contribution in [3.8, 4) is 17.6 Å². The Morgan fingerprint density at radius 3 is 2.74 bits per heavy atom. The Bertz CT molecular complexity index is 1420. The van der Waals surface area contributed by atoms with Gasteiger partial charge in [-0.05, 0) is 46.5 Å². The topological polar surface area (TPSA) is 97.1 Å². The van der Waals surface area contributed by atoms with Crippen molar-refractivity contribution in [3.63, 3.8) is 0 Å². The third-order valence-electron chi connectivity index (χ3n) is 5.28. The van der Waals surface area contributed by atoms with E-state index in [0.29, 0.717) is 28.8 Å². The highest BCUT2D eigenvalue weighted by Gasteiger charge is 2.14. The quantitative estimate of drug-likeness (QED) is 0.239. The van der Waals surface area contributed by atoms with Crippen molar-refractivity contribution >= 4 is 39.2 Å². The normalized spacial score (nSPS) is 11.2. The summed E-state index contributed by atoms with van der Waals surface area (Å²) in [6.07, 6.45) is 3.24. The summed E-state index contributed by atoms with van der Waals surface area (Å²) < 4.78 is 11.6. The predicted octanol–water partition coefficient (Wildman–Crippen LogP) is 5.78. The Morgan fingerprint density at radius 2 is 1.94 bits per heavy atom. The second kappa shape index (κ2) is 11.3. The number of nitriles is 1. The molecule has 0 unspecified atom stereocenters. The van der Waals surface area contributed by atoms with Crippen LogP contribution in [-0.4, -0.2) is 23.2 Å². The number of aromatic nitrogens is 2. The number of nitrogens with zero attached hydrogens (tertiary/aromatic N) is 3. The molecule has 176 valence electrons. The zero-order chi connectivity index (χ0) is 24.6. The molecular formula is C27H24N4O3S. The molecule has 4 aromatic rings. The van der Waals surface area contributed by atoms with Gasteiger partial charge in [0.15, 0.2) is 11.5 Å². The van der Waals surface area contributed by atoms with Crippen LogP contribution in [0.3, 0.4) is 0 Å². The summed E-state index contributed by atoms with van der Waals surface area (Å²) in [4.78, 5) is 12.6. The van der Waals surface area contributed by atoms with Crippen LogP contribution in [0, 0.1) is 11.3 Å². The average molecular weight is 485 g/mol. The van der Waals surface area contributed by atoms with Gasteiger partial charge in [-0.2, -0.15) is 5.26 Å². The molecule has 3 aromatic carbocycles. The maximum absolute atomic E-state index is 12.6. The number of amides is 1. The Kier molecular flexibility index (Phi) is 7.70. The van der Waals surface area contributed by atoms with Crippen LogP contribution in [0.25, 0.3) is 16.8 Å². The molecule has 1 amide bonds. The number of hydrogen-bond acceptors (Lipinski definition) is 7. The number of ether oxygens (including phenoxy) is 2. The molecule has 0 fully saturated rings. The number of carbonyl (C=O) groups is 1. The van der Waals surface area contributed by atoms with Crippen LogP contribution in [0.1, 0.15) is 29.5 Å². The molecule has 0 atom stereocenters. The number of hydrogen-bond donors (Lipinski definition) is 1. The summed E-state index contributed by atoms with van der Waals surface area (Å²) in [5.74, 6) is 0.532. The molecule has 4 rings (SSSR count). The molecule has 0 radical (unpaired) electrons. The summed E-state index contributed by atoms with van der Waals surface area (Å²) in [6.45, 7) is 2.42. The monoisotopic (exact) mass is 484 g/mol. The molecule has 0 saturated heterocycles. The third-order valence-corrected chi connectivity index (χ3v) is 6.18. The highest BCUT2D eigenvalue weighted by atomic mass is 32.1. The molecule has 35 heavy (non-hydrogen) atoms. The van der Waals surface area contributed by atoms with E-state index in [1.165, 1.54) is 17.4 Å². The van der Waals surface area contributed by atoms with E-state index in [4.69, 9.17) is 9.47 Å². The number of carbonyl (C=O) groups excluding carboxylic acids is 1. The molecular weight excluding hydrogens is 460 g/mol. The highest BCUT2D eigenvalue weighted by Crippen LogP contribution is 2.30. The fraction of sp³-hybridized carbons (Fsp3) is 0.185. The summed E-state index contributed by atoms with van der Waals surface area (Å²) in [5.41, 5.74) is 1.65. The van der Waals surface area contributed by atoms with Crippen LogP contribution in [0.2, 0.25) is 0 Å². The average Bonchev–Trinajstić information content (AvgIpc) is 3.33. The van der Waals surface area contributed by atoms with Crippen LogP contribution in [0.4, 0.5) is 5.13 Å². The van der Waals surface area contributed by atoms with Crippen molar-refractivity contribution in [2.45, 2.75) is 26.4 Å². The lowest BCUT2D eigenvalue weighted by Gasteiger charge is -2.13. The van der Waals surface area contributed by atoms with Crippen LogP contribution < -0.4 is 14.8 Å². The molecule has 0 saturated carbocycles. The Labute approximate surface area is 207 Å². The number of methoxy groups -OCH3 is 1. The first-order chi connectivity index (χ1) is 17.1. The van der Waals surface area contributed by atoms with Crippen molar-refractivity contribution in [2.75, 3.05) is 12.4 Å². The van der Waals surface area contributed by atoms with Crippen LogP contribution >= 0.6 is 11.3 Å². The summed E-state index contributed by atoms with van der Waals surface area (Å²) >= 11 is 1.30. The summed E-state index contributed by atoms with van der Waals surface area (Å²) in [5, 5.41) is 23.7. The van der Waals surface area contributed by atoms with E-state index in [0.717, 1.165) is 34.2 Å². The van der Waals surface area contributed by atoms with E-state index in [2.05, 4.69) is 33.7 Å². The number of rotatable bonds is 9. The number of fused-ring (bicyclic) bond motifs is 1. The highest BCUT2D eigenvalue weighted by molar-refractivity contribution is 7.15. The van der Waals surface area contributed by atoms with E-state index in [1.54, 1.807) is 25.3 Å². The number of anilines is 1. The van der Waals surface area contributed by atoms with E-state index in [1.807, 2.05) is 37.3 Å². The summed E-state index contributed by atoms with van der Waals surface area (Å²) in [7, 11) is 1.55. The molecule has 0 aliphatic heterocycles. The van der Waals surface area contributed by atoms with Gasteiger partial charge in [-0.25, -0.2) is 0 Å². The Hall–Kier alpha value is -4.22. The number of nitrogens with one attached hydrogen (secondary N) is 1. The van der Waals surface area contributed by atoms with E-state index in [-0.39, 0.29) is 5.57 Å². The summed E-state index contributed by atoms with van der Waals surface area (Å²) in [6, 6.07) is 21.5. The fourth-order valence-electron chi connectivity index (χ4n) is 3.57. The molecule has 0 aliphatic rings. The minimum absolute atomic E-state index is 0.0521. The minimum Gasteiger partial charge on any atom is -0.493 e. The maximum atomic E-state index is 12.6. The first-order valence-corrected chi connectivity index (χ1v) is 12.0. The first-order valence-electron chi connectivity index (χ1n) is 11.1. The Balaban J connectivity index is 1.49. The van der Waals surface area contributed by atoms with E-state index in [9.17, 15) is 10.1 Å². The predicted molar refractivity (Wildman–Crippen MR) is 137 cm³/mol. The molecule has 7 nitrogen and oxygen atoms in total. The standard InChI is InChI=1S/C27H24N4O3S/c1-3-7-25-30-31-27(35-25)29-26(32)21(16-28)14-18-12-13-23(24(15-18)33-2)34-17-20-10-6-9-19-8-4-5-11-22(19)20/h4-6,8-15H,3,7,17H2,1-2H3,(H,29,31,32)/b21-14-. The Morgan fingerprint density at radius 1 is 1.11 bits per heavy atom. The lowest BCUT2D eigenvalue weighted by atomic mass is 10.1. The molecule has 1 aromatic heterocycles. The molecule has 1 N–H and O–H groups in total. The van der Waals surface area contributed by atoms with Crippen molar-refractivity contribution in [1.82, 2.24) is 10.2 Å². The molecule has 1 heterocycles. The lowest BCUT2D eigenvalue weighted by molar-refractivity contribution is -0.112.